The van der Waals surface area contributed by atoms with Gasteiger partial charge in [0, 0.05) is 33.5 Å². The van der Waals surface area contributed by atoms with E-state index in [4.69, 9.17) is 15.5 Å². The Bertz CT molecular complexity index is 990. The maximum absolute atomic E-state index is 10.9. The zero-order chi connectivity index (χ0) is 19.9. The average molecular weight is 395 g/mol. The highest BCUT2D eigenvalue weighted by molar-refractivity contribution is 7.09. The Kier molecular flexibility index (Phi) is 4.89. The largest absolute Gasteiger partial charge is 0.493 e. The standard InChI is InChI=1S/C23H26N2O2S/c1-23(2,3)22-25-16(13-28-22)10-15-12-27-20-11-14(8-9-18(20)21(15)26)17-6-4-5-7-19(17)24/h4-9,11,13,15,21,26H,10,12,24H2,1-3H3. The van der Waals surface area contributed by atoms with Crippen molar-refractivity contribution < 1.29 is 9.84 Å². The Balaban J connectivity index is 1.55. The molecular formula is C23H26N2O2S. The molecule has 2 aromatic carbocycles. The maximum Gasteiger partial charge on any atom is 0.125 e. The molecule has 4 rings (SSSR count). The number of thiazole rings is 1. The summed E-state index contributed by atoms with van der Waals surface area (Å²) >= 11 is 1.69. The van der Waals surface area contributed by atoms with Crippen molar-refractivity contribution in [1.82, 2.24) is 4.98 Å². The Labute approximate surface area is 170 Å². The van der Waals surface area contributed by atoms with E-state index >= 15 is 0 Å². The summed E-state index contributed by atoms with van der Waals surface area (Å²) in [5.74, 6) is 0.730. The summed E-state index contributed by atoms with van der Waals surface area (Å²) in [6, 6.07) is 13.7. The number of anilines is 1. The van der Waals surface area contributed by atoms with Gasteiger partial charge in [-0.05, 0) is 24.1 Å². The number of rotatable bonds is 3. The number of fused-ring (bicyclic) bond motifs is 1. The van der Waals surface area contributed by atoms with Gasteiger partial charge >= 0.3 is 0 Å². The first-order valence-corrected chi connectivity index (χ1v) is 10.5. The van der Waals surface area contributed by atoms with Crippen LogP contribution in [0.4, 0.5) is 5.69 Å². The van der Waals surface area contributed by atoms with Crippen LogP contribution in [0, 0.1) is 5.92 Å². The van der Waals surface area contributed by atoms with Crippen LogP contribution in [0.15, 0.2) is 47.8 Å². The molecule has 5 heteroatoms. The van der Waals surface area contributed by atoms with Crippen molar-refractivity contribution in [2.45, 2.75) is 38.7 Å². The molecule has 0 radical (unpaired) electrons. The molecule has 2 atom stereocenters. The maximum atomic E-state index is 10.9. The lowest BCUT2D eigenvalue weighted by molar-refractivity contribution is 0.0504. The molecule has 28 heavy (non-hydrogen) atoms. The van der Waals surface area contributed by atoms with Crippen molar-refractivity contribution in [3.63, 3.8) is 0 Å². The van der Waals surface area contributed by atoms with Gasteiger partial charge in [0.05, 0.1) is 23.4 Å². The summed E-state index contributed by atoms with van der Waals surface area (Å²) < 4.78 is 6.03. The summed E-state index contributed by atoms with van der Waals surface area (Å²) in [6.45, 7) is 6.98. The summed E-state index contributed by atoms with van der Waals surface area (Å²) in [7, 11) is 0. The second kappa shape index (κ2) is 7.22. The Morgan fingerprint density at radius 3 is 2.71 bits per heavy atom. The van der Waals surface area contributed by atoms with E-state index < -0.39 is 6.10 Å². The van der Waals surface area contributed by atoms with Crippen molar-refractivity contribution >= 4 is 17.0 Å². The fourth-order valence-electron chi connectivity index (χ4n) is 3.56. The fraction of sp³-hybridized carbons (Fsp3) is 0.348. The summed E-state index contributed by atoms with van der Waals surface area (Å²) in [5.41, 5.74) is 10.7. The van der Waals surface area contributed by atoms with Crippen LogP contribution < -0.4 is 10.5 Å². The number of nitrogens with two attached hydrogens (primary N) is 1. The number of benzene rings is 2. The van der Waals surface area contributed by atoms with Crippen LogP contribution >= 0.6 is 11.3 Å². The van der Waals surface area contributed by atoms with Gasteiger partial charge < -0.3 is 15.6 Å². The minimum Gasteiger partial charge on any atom is -0.493 e. The van der Waals surface area contributed by atoms with Gasteiger partial charge in [-0.3, -0.25) is 0 Å². The average Bonchev–Trinajstić information content (AvgIpc) is 3.13. The van der Waals surface area contributed by atoms with E-state index in [9.17, 15) is 5.11 Å². The molecule has 1 aliphatic heterocycles. The molecule has 2 heterocycles. The smallest absolute Gasteiger partial charge is 0.125 e. The van der Waals surface area contributed by atoms with Crippen molar-refractivity contribution in [2.75, 3.05) is 12.3 Å². The van der Waals surface area contributed by atoms with E-state index in [-0.39, 0.29) is 11.3 Å². The van der Waals surface area contributed by atoms with E-state index in [0.29, 0.717) is 13.0 Å². The molecule has 0 amide bonds. The molecule has 0 spiro atoms. The molecule has 1 aromatic heterocycles. The van der Waals surface area contributed by atoms with Gasteiger partial charge in [-0.25, -0.2) is 4.98 Å². The van der Waals surface area contributed by atoms with Crippen LogP contribution in [0.3, 0.4) is 0 Å². The van der Waals surface area contributed by atoms with Crippen molar-refractivity contribution in [2.24, 2.45) is 5.92 Å². The van der Waals surface area contributed by atoms with E-state index in [1.165, 1.54) is 0 Å². The molecule has 4 nitrogen and oxygen atoms in total. The minimum absolute atomic E-state index is 0.00457. The molecule has 0 saturated carbocycles. The van der Waals surface area contributed by atoms with Gasteiger partial charge in [-0.2, -0.15) is 0 Å². The lowest BCUT2D eigenvalue weighted by Gasteiger charge is -2.30. The number of aliphatic hydroxyl groups is 1. The van der Waals surface area contributed by atoms with Crippen molar-refractivity contribution in [1.29, 1.82) is 0 Å². The first-order chi connectivity index (χ1) is 13.3. The summed E-state index contributed by atoms with van der Waals surface area (Å²) in [6.07, 6.45) is 0.145. The molecule has 1 aliphatic rings. The zero-order valence-electron chi connectivity index (χ0n) is 16.5. The molecule has 2 unspecified atom stereocenters. The molecule has 0 bridgehead atoms. The fourth-order valence-corrected chi connectivity index (χ4v) is 4.48. The lowest BCUT2D eigenvalue weighted by Crippen LogP contribution is -2.27. The first-order valence-electron chi connectivity index (χ1n) is 9.57. The van der Waals surface area contributed by atoms with Crippen molar-refractivity contribution in [3.8, 4) is 16.9 Å². The number of para-hydroxylation sites is 1. The number of nitrogens with zero attached hydrogens (tertiary/aromatic N) is 1. The second-order valence-corrected chi connectivity index (χ2v) is 9.31. The number of hydrogen-bond donors (Lipinski definition) is 2. The third-order valence-corrected chi connectivity index (χ3v) is 6.48. The van der Waals surface area contributed by atoms with Gasteiger partial charge in [0.15, 0.2) is 0 Å². The highest BCUT2D eigenvalue weighted by Crippen LogP contribution is 2.40. The molecule has 0 saturated heterocycles. The SMILES string of the molecule is CC(C)(C)c1nc(CC2COc3cc(-c4ccccc4N)ccc3C2O)cs1. The van der Waals surface area contributed by atoms with Gasteiger partial charge in [-0.15, -0.1) is 11.3 Å². The monoisotopic (exact) mass is 394 g/mol. The van der Waals surface area contributed by atoms with E-state index in [1.54, 1.807) is 11.3 Å². The van der Waals surface area contributed by atoms with Crippen LogP contribution in [0.2, 0.25) is 0 Å². The Hall–Kier alpha value is -2.37. The van der Waals surface area contributed by atoms with Crippen LogP contribution in [-0.2, 0) is 11.8 Å². The lowest BCUT2D eigenvalue weighted by atomic mass is 9.88. The zero-order valence-corrected chi connectivity index (χ0v) is 17.3. The normalized spacial score (nSPS) is 19.1. The molecular weight excluding hydrogens is 368 g/mol. The molecule has 3 N–H and O–H groups in total. The topological polar surface area (TPSA) is 68.4 Å². The molecule has 146 valence electrons. The van der Waals surface area contributed by atoms with Crippen LogP contribution in [0.25, 0.3) is 11.1 Å². The third-order valence-electron chi connectivity index (χ3n) is 5.17. The molecule has 3 aromatic rings. The van der Waals surface area contributed by atoms with Crippen LogP contribution in [0.1, 0.15) is 43.1 Å². The predicted octanol–water partition coefficient (Wildman–Crippen LogP) is 4.97. The van der Waals surface area contributed by atoms with E-state index in [2.05, 4.69) is 26.2 Å². The third kappa shape index (κ3) is 3.64. The highest BCUT2D eigenvalue weighted by Gasteiger charge is 2.31. The van der Waals surface area contributed by atoms with Crippen LogP contribution in [0.5, 0.6) is 5.75 Å². The van der Waals surface area contributed by atoms with Crippen LogP contribution in [-0.4, -0.2) is 16.7 Å². The number of aromatic nitrogens is 1. The number of nitrogen functional groups attached to an aromatic ring is 1. The van der Waals surface area contributed by atoms with Gasteiger partial charge in [0.2, 0.25) is 0 Å². The number of aliphatic hydroxyl groups excluding tert-OH is 1. The number of hydrogen-bond acceptors (Lipinski definition) is 5. The Morgan fingerprint density at radius 2 is 2.00 bits per heavy atom. The van der Waals surface area contributed by atoms with Gasteiger partial charge in [0.25, 0.3) is 0 Å². The summed E-state index contributed by atoms with van der Waals surface area (Å²) in [5, 5.41) is 14.2. The second-order valence-electron chi connectivity index (χ2n) is 8.45. The quantitative estimate of drug-likeness (QED) is 0.615. The molecule has 0 fully saturated rings. The number of ether oxygens (including phenoxy) is 1. The van der Waals surface area contributed by atoms with Crippen molar-refractivity contribution in [3.05, 3.63) is 64.1 Å². The van der Waals surface area contributed by atoms with E-state index in [1.807, 2.05) is 42.5 Å². The van der Waals surface area contributed by atoms with E-state index in [0.717, 1.165) is 38.8 Å². The molecule has 0 aliphatic carbocycles. The highest BCUT2D eigenvalue weighted by atomic mass is 32.1. The van der Waals surface area contributed by atoms with Gasteiger partial charge in [0.1, 0.15) is 5.75 Å². The minimum atomic E-state index is -0.564. The Morgan fingerprint density at radius 1 is 1.21 bits per heavy atom. The predicted molar refractivity (Wildman–Crippen MR) is 115 cm³/mol. The first kappa shape index (κ1) is 19.0. The van der Waals surface area contributed by atoms with Gasteiger partial charge in [-0.1, -0.05) is 51.1 Å². The summed E-state index contributed by atoms with van der Waals surface area (Å²) in [4.78, 5) is 4.77.